The first-order chi connectivity index (χ1) is 13.5. The summed E-state index contributed by atoms with van der Waals surface area (Å²) in [6, 6.07) is 11.4. The molecule has 7 heteroatoms. The third-order valence-electron chi connectivity index (χ3n) is 4.65. The molecule has 2 aromatic carbocycles. The van der Waals surface area contributed by atoms with Gasteiger partial charge in [-0.3, -0.25) is 14.4 Å². The zero-order chi connectivity index (χ0) is 19.8. The average molecular weight is 413 g/mol. The van der Waals surface area contributed by atoms with Gasteiger partial charge in [0.05, 0.1) is 32.6 Å². The molecule has 0 amide bonds. The number of nitrogens with zero attached hydrogens (tertiary/aromatic N) is 2. The van der Waals surface area contributed by atoms with Crippen LogP contribution in [0.15, 0.2) is 53.7 Å². The number of halogens is 2. The summed E-state index contributed by atoms with van der Waals surface area (Å²) in [6.07, 6.45) is 4.90. The molecule has 4 rings (SSSR count). The molecular weight excluding hydrogens is 399 g/mol. The van der Waals surface area contributed by atoms with E-state index < -0.39 is 5.97 Å². The molecule has 2 heterocycles. The van der Waals surface area contributed by atoms with E-state index in [9.17, 15) is 9.59 Å². The van der Waals surface area contributed by atoms with Crippen molar-refractivity contribution in [3.05, 3.63) is 75.5 Å². The zero-order valence-electron chi connectivity index (χ0n) is 14.5. The fraction of sp³-hybridized carbons (Fsp3) is 0.0952. The molecule has 0 saturated carbocycles. The van der Waals surface area contributed by atoms with Crippen molar-refractivity contribution in [2.24, 2.45) is 4.99 Å². The number of aromatic carboxylic acids is 1. The largest absolute Gasteiger partial charge is 0.478 e. The van der Waals surface area contributed by atoms with Crippen LogP contribution >= 0.6 is 23.2 Å². The minimum Gasteiger partial charge on any atom is -0.478 e. The molecule has 0 spiro atoms. The van der Waals surface area contributed by atoms with Crippen molar-refractivity contribution in [1.29, 1.82) is 0 Å². The van der Waals surface area contributed by atoms with Crippen molar-refractivity contribution < 1.29 is 14.7 Å². The molecule has 1 aliphatic heterocycles. The maximum atomic E-state index is 13.2. The van der Waals surface area contributed by atoms with Gasteiger partial charge in [-0.05, 0) is 42.7 Å². The third kappa shape index (κ3) is 3.13. The summed E-state index contributed by atoms with van der Waals surface area (Å²) in [5, 5.41) is 9.66. The molecule has 3 aromatic rings. The second-order valence-electron chi connectivity index (χ2n) is 6.34. The summed E-state index contributed by atoms with van der Waals surface area (Å²) in [4.78, 5) is 28.8. The summed E-state index contributed by atoms with van der Waals surface area (Å²) in [5.74, 6) is -1.31. The van der Waals surface area contributed by atoms with E-state index in [0.717, 1.165) is 23.2 Å². The van der Waals surface area contributed by atoms with Crippen LogP contribution in [0.4, 0.5) is 5.69 Å². The lowest BCUT2D eigenvalue weighted by atomic mass is 10.0. The molecule has 0 atom stereocenters. The smallest absolute Gasteiger partial charge is 0.335 e. The average Bonchev–Trinajstić information content (AvgIpc) is 3.07. The molecule has 1 aliphatic rings. The predicted octanol–water partition coefficient (Wildman–Crippen LogP) is 5.50. The van der Waals surface area contributed by atoms with E-state index in [2.05, 4.69) is 4.99 Å². The zero-order valence-corrected chi connectivity index (χ0v) is 16.0. The number of hydrogen-bond acceptors (Lipinski definition) is 3. The van der Waals surface area contributed by atoms with Gasteiger partial charge < -0.3 is 5.11 Å². The Balaban J connectivity index is 1.85. The minimum absolute atomic E-state index is 0.194. The fourth-order valence-electron chi connectivity index (χ4n) is 3.29. The van der Waals surface area contributed by atoms with E-state index in [1.165, 1.54) is 12.1 Å². The molecule has 0 saturated heterocycles. The second-order valence-corrected chi connectivity index (χ2v) is 7.16. The molecular formula is C21H14Cl2N2O3. The molecule has 0 radical (unpaired) electrons. The molecule has 1 N–H and O–H groups in total. The van der Waals surface area contributed by atoms with Crippen molar-refractivity contribution in [1.82, 2.24) is 4.57 Å². The first kappa shape index (κ1) is 18.5. The number of aliphatic imine (C=N–C) groups is 1. The van der Waals surface area contributed by atoms with Crippen LogP contribution in [0.5, 0.6) is 0 Å². The standard InChI is InChI=1S/C21H14Cl2N2O3/c22-15-3-1-4-16(23)18(15)20(26)25-11-14(19-17(25)5-2-10-24-19)12-6-8-13(9-7-12)21(27)28/h1,3-4,6-11H,2,5H2,(H,27,28). The number of carboxylic acid groups (broad SMARTS) is 1. The van der Waals surface area contributed by atoms with Gasteiger partial charge in [0.1, 0.15) is 0 Å². The van der Waals surface area contributed by atoms with Crippen molar-refractivity contribution in [3.63, 3.8) is 0 Å². The van der Waals surface area contributed by atoms with E-state index in [1.807, 2.05) is 6.21 Å². The highest BCUT2D eigenvalue weighted by atomic mass is 35.5. The van der Waals surface area contributed by atoms with Crippen molar-refractivity contribution in [3.8, 4) is 11.1 Å². The van der Waals surface area contributed by atoms with E-state index in [1.54, 1.807) is 41.1 Å². The molecule has 1 aromatic heterocycles. The van der Waals surface area contributed by atoms with Gasteiger partial charge >= 0.3 is 5.97 Å². The van der Waals surface area contributed by atoms with Gasteiger partial charge in [-0.15, -0.1) is 0 Å². The predicted molar refractivity (Wildman–Crippen MR) is 109 cm³/mol. The normalized spacial score (nSPS) is 12.6. The second kappa shape index (κ2) is 7.26. The van der Waals surface area contributed by atoms with Gasteiger partial charge in [-0.2, -0.15) is 0 Å². The summed E-state index contributed by atoms with van der Waals surface area (Å²) in [6.45, 7) is 0. The van der Waals surface area contributed by atoms with Crippen LogP contribution in [-0.4, -0.2) is 27.8 Å². The van der Waals surface area contributed by atoms with Gasteiger partial charge in [0.25, 0.3) is 5.91 Å². The lowest BCUT2D eigenvalue weighted by Crippen LogP contribution is -2.16. The van der Waals surface area contributed by atoms with E-state index in [0.29, 0.717) is 12.1 Å². The first-order valence-corrected chi connectivity index (χ1v) is 9.32. The van der Waals surface area contributed by atoms with Crippen LogP contribution < -0.4 is 0 Å². The van der Waals surface area contributed by atoms with Gasteiger partial charge in [0.2, 0.25) is 0 Å². The Morgan fingerprint density at radius 3 is 2.36 bits per heavy atom. The highest BCUT2D eigenvalue weighted by molar-refractivity contribution is 6.39. The van der Waals surface area contributed by atoms with Crippen LogP contribution in [0.25, 0.3) is 11.1 Å². The van der Waals surface area contributed by atoms with Crippen LogP contribution in [-0.2, 0) is 6.42 Å². The van der Waals surface area contributed by atoms with E-state index >= 15 is 0 Å². The van der Waals surface area contributed by atoms with Gasteiger partial charge in [0.15, 0.2) is 0 Å². The molecule has 0 bridgehead atoms. The number of carbonyl (C=O) groups excluding carboxylic acids is 1. The maximum absolute atomic E-state index is 13.2. The number of carbonyl (C=O) groups is 2. The Morgan fingerprint density at radius 2 is 1.71 bits per heavy atom. The minimum atomic E-state index is -0.993. The quantitative estimate of drug-likeness (QED) is 0.617. The van der Waals surface area contributed by atoms with E-state index in [4.69, 9.17) is 28.3 Å². The highest BCUT2D eigenvalue weighted by Crippen LogP contribution is 2.39. The Bertz CT molecular complexity index is 1110. The Labute approximate surface area is 170 Å². The highest BCUT2D eigenvalue weighted by Gasteiger charge is 2.25. The summed E-state index contributed by atoms with van der Waals surface area (Å²) >= 11 is 12.4. The Morgan fingerprint density at radius 1 is 1.04 bits per heavy atom. The van der Waals surface area contributed by atoms with Crippen molar-refractivity contribution in [2.75, 3.05) is 0 Å². The van der Waals surface area contributed by atoms with Gasteiger partial charge in [0, 0.05) is 18.0 Å². The van der Waals surface area contributed by atoms with Crippen LogP contribution in [0, 0.1) is 0 Å². The maximum Gasteiger partial charge on any atom is 0.335 e. The van der Waals surface area contributed by atoms with Gasteiger partial charge in [-0.1, -0.05) is 41.4 Å². The number of benzene rings is 2. The molecule has 0 fully saturated rings. The lowest BCUT2D eigenvalue weighted by Gasteiger charge is -2.12. The summed E-state index contributed by atoms with van der Waals surface area (Å²) in [7, 11) is 0. The van der Waals surface area contributed by atoms with Gasteiger partial charge in [-0.25, -0.2) is 4.79 Å². The Kier molecular flexibility index (Phi) is 4.79. The van der Waals surface area contributed by atoms with E-state index in [-0.39, 0.29) is 27.1 Å². The lowest BCUT2D eigenvalue weighted by molar-refractivity contribution is 0.0696. The molecule has 5 nitrogen and oxygen atoms in total. The topological polar surface area (TPSA) is 71.7 Å². The first-order valence-electron chi connectivity index (χ1n) is 8.56. The monoisotopic (exact) mass is 412 g/mol. The molecule has 140 valence electrons. The third-order valence-corrected chi connectivity index (χ3v) is 5.28. The Hall–Kier alpha value is -2.89. The summed E-state index contributed by atoms with van der Waals surface area (Å²) < 4.78 is 1.54. The number of rotatable bonds is 3. The number of fused-ring (bicyclic) bond motifs is 1. The SMILES string of the molecule is O=C(O)c1ccc(-c2cn(C(=O)c3c(Cl)cccc3Cl)c3c2N=CCC3)cc1. The molecule has 28 heavy (non-hydrogen) atoms. The summed E-state index contributed by atoms with van der Waals surface area (Å²) in [5.41, 5.74) is 3.44. The van der Waals surface area contributed by atoms with Crippen LogP contribution in [0.2, 0.25) is 10.0 Å². The van der Waals surface area contributed by atoms with Crippen molar-refractivity contribution in [2.45, 2.75) is 12.8 Å². The number of aromatic nitrogens is 1. The molecule has 0 unspecified atom stereocenters. The number of hydrogen-bond donors (Lipinski definition) is 1. The fourth-order valence-corrected chi connectivity index (χ4v) is 3.84. The van der Waals surface area contributed by atoms with Crippen LogP contribution in [0.3, 0.4) is 0 Å². The number of carboxylic acids is 1. The van der Waals surface area contributed by atoms with Crippen molar-refractivity contribution >= 4 is 47.0 Å². The molecule has 0 aliphatic carbocycles. The van der Waals surface area contributed by atoms with Crippen LogP contribution in [0.1, 0.15) is 32.8 Å².